The summed E-state index contributed by atoms with van der Waals surface area (Å²) < 4.78 is 34.6. The Morgan fingerprint density at radius 1 is 0.933 bits per heavy atom. The zero-order valence-electron chi connectivity index (χ0n) is 17.6. The molecule has 0 aliphatic carbocycles. The molecule has 0 radical (unpaired) electrons. The predicted octanol–water partition coefficient (Wildman–Crippen LogP) is 2.58. The molecule has 158 valence electrons. The summed E-state index contributed by atoms with van der Waals surface area (Å²) in [4.78, 5) is 0.226. The monoisotopic (exact) mass is 427 g/mol. The second-order valence-corrected chi connectivity index (χ2v) is 9.38. The number of nitrogens with zero attached hydrogens (tertiary/aromatic N) is 5. The summed E-state index contributed by atoms with van der Waals surface area (Å²) in [6, 6.07) is 9.84. The molecule has 1 aliphatic rings. The molecule has 0 atom stereocenters. The zero-order valence-corrected chi connectivity index (χ0v) is 18.4. The molecule has 0 N–H and O–H groups in total. The van der Waals surface area contributed by atoms with Crippen LogP contribution >= 0.6 is 0 Å². The lowest BCUT2D eigenvalue weighted by Gasteiger charge is -2.26. The van der Waals surface area contributed by atoms with E-state index in [9.17, 15) is 8.42 Å². The van der Waals surface area contributed by atoms with Gasteiger partial charge in [0, 0.05) is 18.7 Å². The van der Waals surface area contributed by atoms with Crippen LogP contribution in [0.25, 0.3) is 17.1 Å². The fourth-order valence-electron chi connectivity index (χ4n) is 3.63. The lowest BCUT2D eigenvalue weighted by molar-refractivity contribution is 0.0730. The first-order valence-electron chi connectivity index (χ1n) is 9.85. The number of aromatic nitrogens is 4. The van der Waals surface area contributed by atoms with Gasteiger partial charge in [0.15, 0.2) is 5.82 Å². The molecule has 0 saturated carbocycles. The molecule has 1 aliphatic heterocycles. The predicted molar refractivity (Wildman–Crippen MR) is 113 cm³/mol. The molecule has 8 nitrogen and oxygen atoms in total. The van der Waals surface area contributed by atoms with E-state index in [2.05, 4.69) is 41.3 Å². The van der Waals surface area contributed by atoms with E-state index in [0.29, 0.717) is 43.5 Å². The number of ether oxygens (including phenoxy) is 1. The summed E-state index contributed by atoms with van der Waals surface area (Å²) in [5.74, 6) is 0.478. The maximum Gasteiger partial charge on any atom is 0.246 e. The number of benzene rings is 1. The van der Waals surface area contributed by atoms with Gasteiger partial charge in [0.05, 0.1) is 30.3 Å². The van der Waals surface area contributed by atoms with E-state index in [-0.39, 0.29) is 4.90 Å². The molecule has 1 fully saturated rings. The lowest BCUT2D eigenvalue weighted by atomic mass is 10.0. The molecule has 9 heteroatoms. The van der Waals surface area contributed by atoms with Crippen LogP contribution in [0.1, 0.15) is 22.5 Å². The Hall–Kier alpha value is -2.62. The summed E-state index contributed by atoms with van der Waals surface area (Å²) in [6.45, 7) is 9.06. The van der Waals surface area contributed by atoms with Gasteiger partial charge in [0.25, 0.3) is 0 Å². The van der Waals surface area contributed by atoms with E-state index in [1.54, 1.807) is 18.5 Å². The van der Waals surface area contributed by atoms with E-state index >= 15 is 0 Å². The van der Waals surface area contributed by atoms with Gasteiger partial charge in [-0.3, -0.25) is 0 Å². The van der Waals surface area contributed by atoms with E-state index in [4.69, 9.17) is 4.74 Å². The van der Waals surface area contributed by atoms with Crippen LogP contribution in [0.15, 0.2) is 35.2 Å². The van der Waals surface area contributed by atoms with Gasteiger partial charge < -0.3 is 4.74 Å². The summed E-state index contributed by atoms with van der Waals surface area (Å²) in [5.41, 5.74) is 5.12. The molecule has 2 aromatic heterocycles. The Labute approximate surface area is 176 Å². The first-order chi connectivity index (χ1) is 14.3. The van der Waals surface area contributed by atoms with E-state index in [0.717, 1.165) is 11.3 Å². The van der Waals surface area contributed by atoms with Gasteiger partial charge in [-0.05, 0) is 57.0 Å². The molecular formula is C21H25N5O3S. The van der Waals surface area contributed by atoms with Crippen LogP contribution in [-0.2, 0) is 14.8 Å². The maximum absolute atomic E-state index is 13.2. The van der Waals surface area contributed by atoms with Crippen molar-refractivity contribution < 1.29 is 13.2 Å². The Kier molecular flexibility index (Phi) is 5.44. The summed E-state index contributed by atoms with van der Waals surface area (Å²) in [6.07, 6.45) is 0. The summed E-state index contributed by atoms with van der Waals surface area (Å²) in [7, 11) is -3.65. The summed E-state index contributed by atoms with van der Waals surface area (Å²) in [5, 5.41) is 13.1. The quantitative estimate of drug-likeness (QED) is 0.636. The molecular weight excluding hydrogens is 402 g/mol. The fraction of sp³-hybridized carbons (Fsp3) is 0.381. The molecule has 0 spiro atoms. The SMILES string of the molecule is Cc1ccc(-c2ccc(-n3nc(C)c(S(=O)(=O)N4CCOCC4)c3C)nn2)cc1C. The average Bonchev–Trinajstić information content (AvgIpc) is 3.05. The first-order valence-corrected chi connectivity index (χ1v) is 11.3. The summed E-state index contributed by atoms with van der Waals surface area (Å²) >= 11 is 0. The molecule has 3 aromatic rings. The highest BCUT2D eigenvalue weighted by atomic mass is 32.2. The van der Waals surface area contributed by atoms with E-state index in [1.165, 1.54) is 15.4 Å². The highest BCUT2D eigenvalue weighted by Gasteiger charge is 2.32. The van der Waals surface area contributed by atoms with Crippen LogP contribution in [0.2, 0.25) is 0 Å². The fourth-order valence-corrected chi connectivity index (χ4v) is 5.40. The Balaban J connectivity index is 1.68. The van der Waals surface area contributed by atoms with Gasteiger partial charge >= 0.3 is 0 Å². The number of rotatable bonds is 4. The Morgan fingerprint density at radius 3 is 2.30 bits per heavy atom. The van der Waals surface area contributed by atoms with Crippen molar-refractivity contribution in [3.05, 3.63) is 52.8 Å². The van der Waals surface area contributed by atoms with E-state index < -0.39 is 10.0 Å². The molecule has 0 unspecified atom stereocenters. The molecule has 0 amide bonds. The zero-order chi connectivity index (χ0) is 21.5. The number of morpholine rings is 1. The van der Waals surface area contributed by atoms with Gasteiger partial charge in [0.1, 0.15) is 4.90 Å². The minimum Gasteiger partial charge on any atom is -0.379 e. The Bertz CT molecular complexity index is 1180. The minimum atomic E-state index is -3.65. The number of hydrogen-bond acceptors (Lipinski definition) is 6. The van der Waals surface area contributed by atoms with Crippen LogP contribution in [-0.4, -0.2) is 59.0 Å². The van der Waals surface area contributed by atoms with E-state index in [1.807, 2.05) is 18.2 Å². The Morgan fingerprint density at radius 2 is 1.67 bits per heavy atom. The topological polar surface area (TPSA) is 90.2 Å². The molecule has 0 bridgehead atoms. The van der Waals surface area contributed by atoms with Crippen LogP contribution < -0.4 is 0 Å². The van der Waals surface area contributed by atoms with Gasteiger partial charge in [0.2, 0.25) is 10.0 Å². The normalized spacial score (nSPS) is 15.5. The van der Waals surface area contributed by atoms with Crippen molar-refractivity contribution in [3.8, 4) is 17.1 Å². The van der Waals surface area contributed by atoms with Crippen molar-refractivity contribution >= 4 is 10.0 Å². The van der Waals surface area contributed by atoms with Crippen molar-refractivity contribution in [1.82, 2.24) is 24.3 Å². The smallest absolute Gasteiger partial charge is 0.246 e. The van der Waals surface area contributed by atoms with Crippen LogP contribution in [0, 0.1) is 27.7 Å². The third kappa shape index (κ3) is 3.64. The molecule has 1 saturated heterocycles. The number of aryl methyl sites for hydroxylation is 3. The highest BCUT2D eigenvalue weighted by molar-refractivity contribution is 7.89. The van der Waals surface area contributed by atoms with Crippen molar-refractivity contribution in [1.29, 1.82) is 0 Å². The van der Waals surface area contributed by atoms with Crippen molar-refractivity contribution in [3.63, 3.8) is 0 Å². The van der Waals surface area contributed by atoms with Crippen molar-refractivity contribution in [2.75, 3.05) is 26.3 Å². The van der Waals surface area contributed by atoms with Gasteiger partial charge in [-0.1, -0.05) is 12.1 Å². The van der Waals surface area contributed by atoms with Gasteiger partial charge in [-0.2, -0.15) is 9.40 Å². The molecule has 4 rings (SSSR count). The average molecular weight is 428 g/mol. The molecule has 1 aromatic carbocycles. The van der Waals surface area contributed by atoms with Crippen molar-refractivity contribution in [2.24, 2.45) is 0 Å². The highest BCUT2D eigenvalue weighted by Crippen LogP contribution is 2.26. The second-order valence-electron chi connectivity index (χ2n) is 7.50. The maximum atomic E-state index is 13.2. The van der Waals surface area contributed by atoms with Crippen molar-refractivity contribution in [2.45, 2.75) is 32.6 Å². The van der Waals surface area contributed by atoms with Gasteiger partial charge in [-0.25, -0.2) is 13.1 Å². The van der Waals surface area contributed by atoms with Crippen LogP contribution in [0.4, 0.5) is 0 Å². The second kappa shape index (κ2) is 7.90. The minimum absolute atomic E-state index is 0.226. The first kappa shape index (κ1) is 20.6. The van der Waals surface area contributed by atoms with Gasteiger partial charge in [-0.15, -0.1) is 10.2 Å². The number of hydrogen-bond donors (Lipinski definition) is 0. The third-order valence-electron chi connectivity index (χ3n) is 5.46. The number of sulfonamides is 1. The third-order valence-corrected chi connectivity index (χ3v) is 7.61. The van der Waals surface area contributed by atoms with Crippen LogP contribution in [0.5, 0.6) is 0 Å². The lowest BCUT2D eigenvalue weighted by Crippen LogP contribution is -2.41. The standard InChI is InChI=1S/C21H25N5O3S/c1-14-5-6-18(13-15(14)2)19-7-8-20(23-22-19)26-17(4)21(16(3)24-26)30(27,28)25-9-11-29-12-10-25/h5-8,13H,9-12H2,1-4H3. The molecule has 30 heavy (non-hydrogen) atoms. The molecule has 3 heterocycles. The largest absolute Gasteiger partial charge is 0.379 e. The van der Waals surface area contributed by atoms with Crippen LogP contribution in [0.3, 0.4) is 0 Å².